The Kier molecular flexibility index (Phi) is 5.29. The highest BCUT2D eigenvalue weighted by atomic mass is 35.5. The number of para-hydroxylation sites is 1. The molecule has 0 amide bonds. The first-order chi connectivity index (χ1) is 7.79. The molecule has 1 heterocycles. The van der Waals surface area contributed by atoms with E-state index < -0.39 is 0 Å². The second-order valence-corrected chi connectivity index (χ2v) is 4.74. The number of rotatable bonds is 3. The van der Waals surface area contributed by atoms with Crippen molar-refractivity contribution in [2.75, 3.05) is 44.2 Å². The Labute approximate surface area is 111 Å². The lowest BCUT2D eigenvalue weighted by Crippen LogP contribution is -3.00. The van der Waals surface area contributed by atoms with Crippen LogP contribution in [0, 0.1) is 0 Å². The number of hydrogen-bond donors (Lipinski definition) is 0. The van der Waals surface area contributed by atoms with Gasteiger partial charge in [-0.15, -0.1) is 0 Å². The van der Waals surface area contributed by atoms with Crippen LogP contribution in [0.1, 0.15) is 13.8 Å². The first-order valence-electron chi connectivity index (χ1n) is 6.45. The maximum Gasteiger partial charge on any atom is 0.0965 e. The van der Waals surface area contributed by atoms with Crippen LogP contribution in [0.2, 0.25) is 0 Å². The molecule has 1 aliphatic heterocycles. The zero-order valence-corrected chi connectivity index (χ0v) is 11.7. The van der Waals surface area contributed by atoms with E-state index in [0.717, 1.165) is 0 Å². The van der Waals surface area contributed by atoms with Crippen LogP contribution in [-0.2, 0) is 0 Å². The Bertz CT molecular complexity index is 312. The molecule has 2 nitrogen and oxygen atoms in total. The quantitative estimate of drug-likeness (QED) is 0.650. The first kappa shape index (κ1) is 14.3. The SMILES string of the molecule is CC[N+]1(CC)CCN(c2ccccc2)CC1.[Cl-]. The second kappa shape index (κ2) is 6.27. The Morgan fingerprint density at radius 3 is 2.00 bits per heavy atom. The van der Waals surface area contributed by atoms with Crippen molar-refractivity contribution < 1.29 is 16.9 Å². The number of hydrogen-bond acceptors (Lipinski definition) is 1. The Morgan fingerprint density at radius 2 is 1.53 bits per heavy atom. The summed E-state index contributed by atoms with van der Waals surface area (Å²) < 4.78 is 1.29. The third-order valence-corrected chi connectivity index (χ3v) is 4.15. The summed E-state index contributed by atoms with van der Waals surface area (Å²) >= 11 is 0. The van der Waals surface area contributed by atoms with Crippen molar-refractivity contribution in [3.63, 3.8) is 0 Å². The lowest BCUT2D eigenvalue weighted by atomic mass is 10.2. The van der Waals surface area contributed by atoms with Crippen molar-refractivity contribution in [2.45, 2.75) is 13.8 Å². The molecule has 2 rings (SSSR count). The summed E-state index contributed by atoms with van der Waals surface area (Å²) in [6.07, 6.45) is 0. The van der Waals surface area contributed by atoms with Gasteiger partial charge in [0.25, 0.3) is 0 Å². The highest BCUT2D eigenvalue weighted by Gasteiger charge is 2.29. The van der Waals surface area contributed by atoms with Gasteiger partial charge in [-0.1, -0.05) is 18.2 Å². The van der Waals surface area contributed by atoms with Gasteiger partial charge < -0.3 is 21.8 Å². The molecule has 0 bridgehead atoms. The Hall–Kier alpha value is -0.730. The summed E-state index contributed by atoms with van der Waals surface area (Å²) in [6, 6.07) is 10.8. The van der Waals surface area contributed by atoms with Crippen molar-refractivity contribution in [2.24, 2.45) is 0 Å². The molecule has 0 aliphatic carbocycles. The fraction of sp³-hybridized carbons (Fsp3) is 0.571. The van der Waals surface area contributed by atoms with Gasteiger partial charge in [0, 0.05) is 5.69 Å². The number of quaternary nitrogens is 1. The molecule has 1 fully saturated rings. The molecule has 0 unspecified atom stereocenters. The van der Waals surface area contributed by atoms with Crippen LogP contribution in [0.5, 0.6) is 0 Å². The molecule has 96 valence electrons. The van der Waals surface area contributed by atoms with Gasteiger partial charge in [-0.2, -0.15) is 0 Å². The van der Waals surface area contributed by atoms with Gasteiger partial charge in [-0.05, 0) is 26.0 Å². The predicted octanol–water partition coefficient (Wildman–Crippen LogP) is -0.633. The highest BCUT2D eigenvalue weighted by molar-refractivity contribution is 5.46. The van der Waals surface area contributed by atoms with Crippen LogP contribution in [0.4, 0.5) is 5.69 Å². The van der Waals surface area contributed by atoms with Gasteiger partial charge in [-0.25, -0.2) is 0 Å². The molecule has 0 radical (unpaired) electrons. The standard InChI is InChI=1S/C14H23N2.ClH/c1-3-16(4-2)12-10-15(11-13-16)14-8-6-5-7-9-14;/h5-9H,3-4,10-13H2,1-2H3;1H/q+1;/p-1. The molecule has 0 N–H and O–H groups in total. The van der Waals surface area contributed by atoms with Crippen molar-refractivity contribution in [1.82, 2.24) is 0 Å². The van der Waals surface area contributed by atoms with Crippen LogP contribution < -0.4 is 17.3 Å². The largest absolute Gasteiger partial charge is 1.00 e. The maximum absolute atomic E-state index is 2.52. The topological polar surface area (TPSA) is 3.24 Å². The van der Waals surface area contributed by atoms with E-state index in [4.69, 9.17) is 0 Å². The van der Waals surface area contributed by atoms with Crippen molar-refractivity contribution >= 4 is 5.69 Å². The van der Waals surface area contributed by atoms with Crippen molar-refractivity contribution in [3.8, 4) is 0 Å². The summed E-state index contributed by atoms with van der Waals surface area (Å²) in [5.74, 6) is 0. The lowest BCUT2D eigenvalue weighted by Gasteiger charge is -2.44. The van der Waals surface area contributed by atoms with Gasteiger partial charge in [0.15, 0.2) is 0 Å². The molecular weight excluding hydrogens is 232 g/mol. The van der Waals surface area contributed by atoms with Gasteiger partial charge in [0.05, 0.1) is 39.3 Å². The third kappa shape index (κ3) is 3.14. The zero-order valence-electron chi connectivity index (χ0n) is 10.9. The summed E-state index contributed by atoms with van der Waals surface area (Å²) in [5, 5.41) is 0. The molecule has 3 heteroatoms. The van der Waals surface area contributed by atoms with Crippen LogP contribution >= 0.6 is 0 Å². The van der Waals surface area contributed by atoms with E-state index in [1.54, 1.807) is 0 Å². The van der Waals surface area contributed by atoms with E-state index in [-0.39, 0.29) is 12.4 Å². The average Bonchev–Trinajstić information content (AvgIpc) is 2.40. The normalized spacial score (nSPS) is 18.6. The summed E-state index contributed by atoms with van der Waals surface area (Å²) in [5.41, 5.74) is 1.38. The summed E-state index contributed by atoms with van der Waals surface area (Å²) in [7, 11) is 0. The van der Waals surface area contributed by atoms with Gasteiger partial charge in [0.1, 0.15) is 0 Å². The fourth-order valence-corrected chi connectivity index (χ4v) is 2.64. The summed E-state index contributed by atoms with van der Waals surface area (Å²) in [4.78, 5) is 2.52. The number of anilines is 1. The zero-order chi connectivity index (χ0) is 11.4. The summed E-state index contributed by atoms with van der Waals surface area (Å²) in [6.45, 7) is 12.2. The average molecular weight is 255 g/mol. The minimum atomic E-state index is 0. The number of nitrogens with zero attached hydrogens (tertiary/aromatic N) is 2. The van der Waals surface area contributed by atoms with Crippen molar-refractivity contribution in [1.29, 1.82) is 0 Å². The van der Waals surface area contributed by atoms with Crippen molar-refractivity contribution in [3.05, 3.63) is 30.3 Å². The molecule has 1 saturated heterocycles. The van der Waals surface area contributed by atoms with E-state index in [1.807, 2.05) is 0 Å². The fourth-order valence-electron chi connectivity index (χ4n) is 2.64. The first-order valence-corrected chi connectivity index (χ1v) is 6.45. The van der Waals surface area contributed by atoms with Crippen LogP contribution in [0.25, 0.3) is 0 Å². The van der Waals surface area contributed by atoms with Crippen LogP contribution in [0.3, 0.4) is 0 Å². The minimum absolute atomic E-state index is 0. The molecule has 17 heavy (non-hydrogen) atoms. The number of piperazine rings is 1. The van der Waals surface area contributed by atoms with Gasteiger partial charge in [0.2, 0.25) is 0 Å². The lowest BCUT2D eigenvalue weighted by molar-refractivity contribution is -0.925. The van der Waals surface area contributed by atoms with Crippen LogP contribution in [-0.4, -0.2) is 43.8 Å². The highest BCUT2D eigenvalue weighted by Crippen LogP contribution is 2.19. The molecule has 1 aromatic rings. The third-order valence-electron chi connectivity index (χ3n) is 4.15. The second-order valence-electron chi connectivity index (χ2n) is 4.74. The van der Waals surface area contributed by atoms with Gasteiger partial charge >= 0.3 is 0 Å². The molecular formula is C14H23ClN2. The minimum Gasteiger partial charge on any atom is -1.00 e. The van der Waals surface area contributed by atoms with E-state index >= 15 is 0 Å². The predicted molar refractivity (Wildman–Crippen MR) is 69.7 cm³/mol. The number of halogens is 1. The smallest absolute Gasteiger partial charge is 0.0965 e. The van der Waals surface area contributed by atoms with E-state index in [0.29, 0.717) is 0 Å². The number of likely N-dealkylation sites (N-methyl/N-ethyl adjacent to an activating group) is 1. The number of benzene rings is 1. The molecule has 0 spiro atoms. The Balaban J connectivity index is 0.00000144. The molecule has 0 aromatic heterocycles. The Morgan fingerprint density at radius 1 is 1.00 bits per heavy atom. The molecule has 0 atom stereocenters. The molecule has 1 aromatic carbocycles. The van der Waals surface area contributed by atoms with Gasteiger partial charge in [-0.3, -0.25) is 0 Å². The monoisotopic (exact) mass is 254 g/mol. The molecule has 0 saturated carbocycles. The van der Waals surface area contributed by atoms with E-state index in [9.17, 15) is 0 Å². The van der Waals surface area contributed by atoms with Crippen LogP contribution in [0.15, 0.2) is 30.3 Å². The van der Waals surface area contributed by atoms with E-state index in [2.05, 4.69) is 49.1 Å². The maximum atomic E-state index is 2.52. The molecule has 1 aliphatic rings. The van der Waals surface area contributed by atoms with E-state index in [1.165, 1.54) is 49.4 Å².